The molecule has 5 nitrogen and oxygen atoms in total. The Bertz CT molecular complexity index is 952. The van der Waals surface area contributed by atoms with Crippen LogP contribution in [0.5, 0.6) is 5.75 Å². The highest BCUT2D eigenvalue weighted by Gasteiger charge is 2.19. The van der Waals surface area contributed by atoms with Gasteiger partial charge >= 0.3 is 0 Å². The number of hydrogen-bond donors (Lipinski definition) is 1. The third kappa shape index (κ3) is 4.34. The predicted octanol–water partition coefficient (Wildman–Crippen LogP) is 4.03. The van der Waals surface area contributed by atoms with Gasteiger partial charge in [-0.15, -0.1) is 6.58 Å². The van der Waals surface area contributed by atoms with Crippen LogP contribution in [0.2, 0.25) is 0 Å². The van der Waals surface area contributed by atoms with E-state index in [9.17, 15) is 4.79 Å². The molecule has 0 saturated carbocycles. The van der Waals surface area contributed by atoms with Crippen LogP contribution in [0.1, 0.15) is 12.5 Å². The van der Waals surface area contributed by atoms with Crippen molar-refractivity contribution in [3.63, 3.8) is 0 Å². The predicted molar refractivity (Wildman–Crippen MR) is 110 cm³/mol. The number of para-hydroxylation sites is 3. The summed E-state index contributed by atoms with van der Waals surface area (Å²) in [5.41, 5.74) is 2.91. The van der Waals surface area contributed by atoms with Crippen molar-refractivity contribution in [1.82, 2.24) is 14.9 Å². The molecule has 1 atom stereocenters. The van der Waals surface area contributed by atoms with Crippen LogP contribution < -0.4 is 10.1 Å². The first kappa shape index (κ1) is 19.0. The van der Waals surface area contributed by atoms with E-state index < -0.39 is 0 Å². The van der Waals surface area contributed by atoms with Crippen LogP contribution in [0.15, 0.2) is 66.3 Å². The highest BCUT2D eigenvalue weighted by molar-refractivity contribution is 8.00. The maximum absolute atomic E-state index is 12.6. The standard InChI is InChI=1S/C21H23N3O2S/c1-4-13-24-18-11-7-6-10-17(18)23-21(24)27-15(2)20(25)22-14-16-9-5-8-12-19(16)26-3/h4-12,15H,1,13-14H2,2-3H3,(H,22,25). The molecule has 0 aliphatic carbocycles. The Labute approximate surface area is 163 Å². The molecule has 6 heteroatoms. The number of nitrogens with zero attached hydrogens (tertiary/aromatic N) is 2. The van der Waals surface area contributed by atoms with E-state index in [0.29, 0.717) is 13.1 Å². The lowest BCUT2D eigenvalue weighted by Gasteiger charge is -2.14. The Morgan fingerprint density at radius 3 is 2.81 bits per heavy atom. The number of methoxy groups -OCH3 is 1. The molecule has 0 bridgehead atoms. The molecule has 0 fully saturated rings. The third-order valence-electron chi connectivity index (χ3n) is 4.23. The fourth-order valence-electron chi connectivity index (χ4n) is 2.84. The first-order valence-corrected chi connectivity index (χ1v) is 9.64. The molecule has 0 saturated heterocycles. The molecule has 0 spiro atoms. The number of nitrogens with one attached hydrogen (secondary N) is 1. The highest BCUT2D eigenvalue weighted by atomic mass is 32.2. The molecule has 140 valence electrons. The lowest BCUT2D eigenvalue weighted by molar-refractivity contribution is -0.120. The second-order valence-electron chi connectivity index (χ2n) is 6.07. The number of ether oxygens (including phenoxy) is 1. The molecule has 3 rings (SSSR count). The van der Waals surface area contributed by atoms with Crippen LogP contribution in [-0.2, 0) is 17.9 Å². The van der Waals surface area contributed by atoms with Gasteiger partial charge in [-0.25, -0.2) is 4.98 Å². The number of allylic oxidation sites excluding steroid dienone is 1. The van der Waals surface area contributed by atoms with Gasteiger partial charge in [0.05, 0.1) is 23.4 Å². The average Bonchev–Trinajstić information content (AvgIpc) is 3.03. The van der Waals surface area contributed by atoms with Gasteiger partial charge in [-0.05, 0) is 25.1 Å². The quantitative estimate of drug-likeness (QED) is 0.473. The van der Waals surface area contributed by atoms with Gasteiger partial charge in [0, 0.05) is 18.7 Å². The van der Waals surface area contributed by atoms with Crippen LogP contribution in [0.4, 0.5) is 0 Å². The molecule has 0 radical (unpaired) electrons. The number of aromatic nitrogens is 2. The first-order valence-electron chi connectivity index (χ1n) is 8.76. The summed E-state index contributed by atoms with van der Waals surface area (Å²) in [5.74, 6) is 0.731. The number of fused-ring (bicyclic) bond motifs is 1. The molecular weight excluding hydrogens is 358 g/mol. The van der Waals surface area contributed by atoms with Gasteiger partial charge in [-0.1, -0.05) is 48.2 Å². The number of benzene rings is 2. The van der Waals surface area contributed by atoms with E-state index in [1.165, 1.54) is 11.8 Å². The average molecular weight is 382 g/mol. The fourth-order valence-corrected chi connectivity index (χ4v) is 3.79. The van der Waals surface area contributed by atoms with Gasteiger partial charge in [-0.3, -0.25) is 4.79 Å². The van der Waals surface area contributed by atoms with Crippen LogP contribution in [0.25, 0.3) is 11.0 Å². The smallest absolute Gasteiger partial charge is 0.233 e. The molecular formula is C21H23N3O2S. The Kier molecular flexibility index (Phi) is 6.19. The maximum Gasteiger partial charge on any atom is 0.233 e. The van der Waals surface area contributed by atoms with E-state index in [1.807, 2.05) is 61.5 Å². The van der Waals surface area contributed by atoms with Gasteiger partial charge in [0.15, 0.2) is 5.16 Å². The number of thioether (sulfide) groups is 1. The molecule has 27 heavy (non-hydrogen) atoms. The van der Waals surface area contributed by atoms with Crippen molar-refractivity contribution in [2.24, 2.45) is 0 Å². The Morgan fingerprint density at radius 2 is 2.04 bits per heavy atom. The number of carbonyl (C=O) groups excluding carboxylic acids is 1. The minimum absolute atomic E-state index is 0.0388. The molecule has 1 amide bonds. The van der Waals surface area contributed by atoms with E-state index in [-0.39, 0.29) is 11.2 Å². The molecule has 2 aromatic carbocycles. The van der Waals surface area contributed by atoms with Crippen molar-refractivity contribution in [2.45, 2.75) is 30.4 Å². The number of carbonyl (C=O) groups is 1. The van der Waals surface area contributed by atoms with E-state index in [1.54, 1.807) is 7.11 Å². The topological polar surface area (TPSA) is 56.2 Å². The zero-order valence-electron chi connectivity index (χ0n) is 15.5. The van der Waals surface area contributed by atoms with Crippen LogP contribution in [0.3, 0.4) is 0 Å². The van der Waals surface area contributed by atoms with Crippen molar-refractivity contribution >= 4 is 28.7 Å². The van der Waals surface area contributed by atoms with E-state index in [4.69, 9.17) is 4.74 Å². The maximum atomic E-state index is 12.6. The SMILES string of the molecule is C=CCn1c(SC(C)C(=O)NCc2ccccc2OC)nc2ccccc21. The van der Waals surface area contributed by atoms with Gasteiger partial charge in [0.1, 0.15) is 5.75 Å². The lowest BCUT2D eigenvalue weighted by Crippen LogP contribution is -2.30. The van der Waals surface area contributed by atoms with E-state index >= 15 is 0 Å². The first-order chi connectivity index (χ1) is 13.1. The summed E-state index contributed by atoms with van der Waals surface area (Å²) in [5, 5.41) is 3.52. The summed E-state index contributed by atoms with van der Waals surface area (Å²) >= 11 is 1.45. The molecule has 0 aliphatic heterocycles. The normalized spacial score (nSPS) is 11.9. The van der Waals surface area contributed by atoms with Crippen LogP contribution in [0, 0.1) is 0 Å². The van der Waals surface area contributed by atoms with Gasteiger partial charge in [0.2, 0.25) is 5.91 Å². The lowest BCUT2D eigenvalue weighted by atomic mass is 10.2. The summed E-state index contributed by atoms with van der Waals surface area (Å²) < 4.78 is 7.41. The second-order valence-corrected chi connectivity index (χ2v) is 7.38. The molecule has 1 aromatic heterocycles. The molecule has 3 aromatic rings. The molecule has 1 unspecified atom stereocenters. The number of imidazole rings is 1. The molecule has 1 heterocycles. The Morgan fingerprint density at radius 1 is 1.30 bits per heavy atom. The monoisotopic (exact) mass is 381 g/mol. The fraction of sp³-hybridized carbons (Fsp3) is 0.238. The molecule has 1 N–H and O–H groups in total. The number of rotatable bonds is 8. The summed E-state index contributed by atoms with van der Waals surface area (Å²) in [7, 11) is 1.63. The number of hydrogen-bond acceptors (Lipinski definition) is 4. The van der Waals surface area contributed by atoms with Crippen molar-refractivity contribution < 1.29 is 9.53 Å². The zero-order chi connectivity index (χ0) is 19.2. The largest absolute Gasteiger partial charge is 0.496 e. The van der Waals surface area contributed by atoms with Crippen molar-refractivity contribution in [1.29, 1.82) is 0 Å². The summed E-state index contributed by atoms with van der Waals surface area (Å²) in [6.45, 7) is 6.80. The summed E-state index contributed by atoms with van der Waals surface area (Å²) in [6, 6.07) is 15.6. The van der Waals surface area contributed by atoms with Crippen molar-refractivity contribution in [2.75, 3.05) is 7.11 Å². The van der Waals surface area contributed by atoms with Gasteiger partial charge in [0.25, 0.3) is 0 Å². The van der Waals surface area contributed by atoms with E-state index in [2.05, 4.69) is 21.4 Å². The summed E-state index contributed by atoms with van der Waals surface area (Å²) in [6.07, 6.45) is 1.84. The van der Waals surface area contributed by atoms with Crippen molar-refractivity contribution in [3.05, 3.63) is 66.7 Å². The van der Waals surface area contributed by atoms with Gasteiger partial charge < -0.3 is 14.6 Å². The Hall–Kier alpha value is -2.73. The van der Waals surface area contributed by atoms with Gasteiger partial charge in [-0.2, -0.15) is 0 Å². The molecule has 0 aliphatic rings. The highest BCUT2D eigenvalue weighted by Crippen LogP contribution is 2.27. The minimum atomic E-state index is -0.278. The third-order valence-corrected chi connectivity index (χ3v) is 5.32. The number of amides is 1. The van der Waals surface area contributed by atoms with Crippen LogP contribution in [-0.4, -0.2) is 27.8 Å². The van der Waals surface area contributed by atoms with E-state index in [0.717, 1.165) is 27.5 Å². The second kappa shape index (κ2) is 8.77. The van der Waals surface area contributed by atoms with Crippen LogP contribution >= 0.6 is 11.8 Å². The zero-order valence-corrected chi connectivity index (χ0v) is 16.3. The Balaban J connectivity index is 1.70. The minimum Gasteiger partial charge on any atom is -0.496 e. The van der Waals surface area contributed by atoms with Crippen molar-refractivity contribution in [3.8, 4) is 5.75 Å². The summed E-state index contributed by atoms with van der Waals surface area (Å²) in [4.78, 5) is 17.3.